The van der Waals surface area contributed by atoms with Gasteiger partial charge in [-0.25, -0.2) is 0 Å². The second-order valence-corrected chi connectivity index (χ2v) is 9.21. The van der Waals surface area contributed by atoms with Gasteiger partial charge in [0.1, 0.15) is 5.75 Å². The largest absolute Gasteiger partial charge is 0.490 e. The summed E-state index contributed by atoms with van der Waals surface area (Å²) in [4.78, 5) is 14.1. The van der Waals surface area contributed by atoms with Crippen LogP contribution in [0.1, 0.15) is 64.1 Å². The number of fused-ring (bicyclic) bond motifs is 1. The van der Waals surface area contributed by atoms with E-state index in [2.05, 4.69) is 56.2 Å². The fourth-order valence-electron chi connectivity index (χ4n) is 4.27. The van der Waals surface area contributed by atoms with E-state index in [4.69, 9.17) is 9.84 Å². The minimum Gasteiger partial charge on any atom is -0.490 e. The van der Waals surface area contributed by atoms with Gasteiger partial charge in [-0.15, -0.1) is 0 Å². The topological polar surface area (TPSA) is 74.4 Å². The molecule has 0 atom stereocenters. The number of hydrogen-bond acceptors (Lipinski definition) is 3. The maximum absolute atomic E-state index is 10.6. The van der Waals surface area contributed by atoms with Crippen molar-refractivity contribution >= 4 is 16.9 Å². The minimum absolute atomic E-state index is 0.134. The summed E-state index contributed by atoms with van der Waals surface area (Å²) in [6, 6.07) is 6.29. The Hall–Kier alpha value is -2.01. The molecule has 3 N–H and O–H groups in total. The Kier molecular flexibility index (Phi) is 6.33. The third-order valence-electron chi connectivity index (χ3n) is 6.15. The Balaban J connectivity index is 1.60. The standard InChI is InChI=1S/C23H34N2O3/c1-15-19-10-9-18(28-17-7-5-16(6-8-17)23(2,3)4)13-20(19)25-21(15)14-24-12-11-22(26)27/h9-10,13,16-17,24-25H,5-8,11-12,14H2,1-4H3,(H,26,27)/t16-,17-. The Morgan fingerprint density at radius 1 is 1.25 bits per heavy atom. The number of aromatic nitrogens is 1. The molecule has 1 aliphatic carbocycles. The minimum atomic E-state index is -0.779. The average molecular weight is 387 g/mol. The number of ether oxygens (including phenoxy) is 1. The zero-order valence-electron chi connectivity index (χ0n) is 17.6. The number of nitrogens with one attached hydrogen (secondary N) is 2. The Morgan fingerprint density at radius 3 is 2.61 bits per heavy atom. The van der Waals surface area contributed by atoms with Gasteiger partial charge >= 0.3 is 5.97 Å². The number of aromatic amines is 1. The molecule has 1 fully saturated rings. The van der Waals surface area contributed by atoms with E-state index in [-0.39, 0.29) is 6.42 Å². The third-order valence-corrected chi connectivity index (χ3v) is 6.15. The molecule has 0 radical (unpaired) electrons. The number of carbonyl (C=O) groups is 1. The second-order valence-electron chi connectivity index (χ2n) is 9.21. The maximum atomic E-state index is 10.6. The van der Waals surface area contributed by atoms with Gasteiger partial charge in [0, 0.05) is 35.8 Å². The quantitative estimate of drug-likeness (QED) is 0.584. The summed E-state index contributed by atoms with van der Waals surface area (Å²) < 4.78 is 6.30. The Morgan fingerprint density at radius 2 is 1.96 bits per heavy atom. The maximum Gasteiger partial charge on any atom is 0.304 e. The fourth-order valence-corrected chi connectivity index (χ4v) is 4.27. The lowest BCUT2D eigenvalue weighted by atomic mass is 9.72. The number of benzene rings is 1. The molecule has 5 heteroatoms. The number of aliphatic carboxylic acids is 1. The van der Waals surface area contributed by atoms with Crippen LogP contribution in [0.3, 0.4) is 0 Å². The van der Waals surface area contributed by atoms with Gasteiger partial charge in [0.25, 0.3) is 0 Å². The lowest BCUT2D eigenvalue weighted by Gasteiger charge is -2.36. The molecule has 1 saturated carbocycles. The highest BCUT2D eigenvalue weighted by atomic mass is 16.5. The van der Waals surface area contributed by atoms with Crippen LogP contribution in [0.4, 0.5) is 0 Å². The van der Waals surface area contributed by atoms with E-state index in [0.717, 1.165) is 35.7 Å². The lowest BCUT2D eigenvalue weighted by Crippen LogP contribution is -2.30. The van der Waals surface area contributed by atoms with Gasteiger partial charge in [-0.1, -0.05) is 20.8 Å². The average Bonchev–Trinajstić information content (AvgIpc) is 2.94. The van der Waals surface area contributed by atoms with Gasteiger partial charge < -0.3 is 20.1 Å². The molecule has 0 unspecified atom stereocenters. The van der Waals surface area contributed by atoms with E-state index >= 15 is 0 Å². The molecule has 1 aromatic carbocycles. The normalized spacial score (nSPS) is 20.4. The van der Waals surface area contributed by atoms with Crippen molar-refractivity contribution < 1.29 is 14.6 Å². The zero-order chi connectivity index (χ0) is 20.3. The van der Waals surface area contributed by atoms with Crippen LogP contribution >= 0.6 is 0 Å². The van der Waals surface area contributed by atoms with Crippen molar-refractivity contribution in [3.63, 3.8) is 0 Å². The summed E-state index contributed by atoms with van der Waals surface area (Å²) in [5, 5.41) is 13.1. The number of aryl methyl sites for hydroxylation is 1. The van der Waals surface area contributed by atoms with E-state index in [1.807, 2.05) is 0 Å². The van der Waals surface area contributed by atoms with Crippen molar-refractivity contribution in [3.8, 4) is 5.75 Å². The van der Waals surface area contributed by atoms with Crippen LogP contribution in [-0.2, 0) is 11.3 Å². The molecule has 0 amide bonds. The molecule has 1 heterocycles. The molecule has 2 aromatic rings. The van der Waals surface area contributed by atoms with Gasteiger partial charge in [-0.05, 0) is 61.6 Å². The third kappa shape index (κ3) is 5.07. The highest BCUT2D eigenvalue weighted by Gasteiger charge is 2.30. The predicted molar refractivity (Wildman–Crippen MR) is 113 cm³/mol. The predicted octanol–water partition coefficient (Wildman–Crippen LogP) is 5.02. The van der Waals surface area contributed by atoms with Gasteiger partial charge in [-0.2, -0.15) is 0 Å². The first-order chi connectivity index (χ1) is 13.2. The first kappa shape index (κ1) is 20.7. The molecule has 0 saturated heterocycles. The van der Waals surface area contributed by atoms with Crippen molar-refractivity contribution in [3.05, 3.63) is 29.5 Å². The number of rotatable bonds is 7. The summed E-state index contributed by atoms with van der Waals surface area (Å²) in [6.07, 6.45) is 5.18. The van der Waals surface area contributed by atoms with Crippen LogP contribution in [0.25, 0.3) is 10.9 Å². The summed E-state index contributed by atoms with van der Waals surface area (Å²) in [7, 11) is 0. The summed E-state index contributed by atoms with van der Waals surface area (Å²) in [5.41, 5.74) is 3.77. The van der Waals surface area contributed by atoms with Crippen LogP contribution in [0.15, 0.2) is 18.2 Å². The molecule has 3 rings (SSSR count). The molecule has 0 bridgehead atoms. The lowest BCUT2D eigenvalue weighted by molar-refractivity contribution is -0.136. The van der Waals surface area contributed by atoms with Crippen LogP contribution in [0.2, 0.25) is 0 Å². The highest BCUT2D eigenvalue weighted by molar-refractivity contribution is 5.85. The Labute approximate surface area is 167 Å². The summed E-state index contributed by atoms with van der Waals surface area (Å²) in [6.45, 7) is 10.2. The van der Waals surface area contributed by atoms with Gasteiger partial charge in [0.15, 0.2) is 0 Å². The smallest absolute Gasteiger partial charge is 0.304 e. The van der Waals surface area contributed by atoms with Gasteiger partial charge in [0.2, 0.25) is 0 Å². The molecular weight excluding hydrogens is 352 g/mol. The number of H-pyrrole nitrogens is 1. The van der Waals surface area contributed by atoms with Crippen LogP contribution in [0, 0.1) is 18.3 Å². The Bertz CT molecular complexity index is 811. The highest BCUT2D eigenvalue weighted by Crippen LogP contribution is 2.39. The molecule has 1 aliphatic rings. The van der Waals surface area contributed by atoms with E-state index in [1.165, 1.54) is 23.8 Å². The summed E-state index contributed by atoms with van der Waals surface area (Å²) >= 11 is 0. The first-order valence-electron chi connectivity index (χ1n) is 10.4. The monoisotopic (exact) mass is 386 g/mol. The number of carboxylic acids is 1. The van der Waals surface area contributed by atoms with Crippen LogP contribution in [-0.4, -0.2) is 28.7 Å². The van der Waals surface area contributed by atoms with E-state index in [1.54, 1.807) is 0 Å². The van der Waals surface area contributed by atoms with Crippen LogP contribution < -0.4 is 10.1 Å². The second kappa shape index (κ2) is 8.56. The fraction of sp³-hybridized carbons (Fsp3) is 0.609. The first-order valence-corrected chi connectivity index (χ1v) is 10.4. The number of hydrogen-bond donors (Lipinski definition) is 3. The molecule has 28 heavy (non-hydrogen) atoms. The molecule has 0 spiro atoms. The SMILES string of the molecule is Cc1c(CNCCC(=O)O)[nH]c2cc(O[C@H]3CC[C@H](C(C)(C)C)CC3)ccc12. The van der Waals surface area contributed by atoms with Crippen molar-refractivity contribution in [2.75, 3.05) is 6.54 Å². The molecule has 154 valence electrons. The van der Waals surface area contributed by atoms with Crippen molar-refractivity contribution in [1.82, 2.24) is 10.3 Å². The van der Waals surface area contributed by atoms with Crippen molar-refractivity contribution in [2.24, 2.45) is 11.3 Å². The molecular formula is C23H34N2O3. The molecule has 1 aromatic heterocycles. The van der Waals surface area contributed by atoms with Gasteiger partial charge in [0.05, 0.1) is 12.5 Å². The zero-order valence-corrected chi connectivity index (χ0v) is 17.6. The molecule has 5 nitrogen and oxygen atoms in total. The summed E-state index contributed by atoms with van der Waals surface area (Å²) in [5.74, 6) is 0.939. The number of carboxylic acid groups (broad SMARTS) is 1. The van der Waals surface area contributed by atoms with Crippen LogP contribution in [0.5, 0.6) is 5.75 Å². The van der Waals surface area contributed by atoms with Gasteiger partial charge in [-0.3, -0.25) is 4.79 Å². The van der Waals surface area contributed by atoms with Crippen molar-refractivity contribution in [2.45, 2.75) is 72.4 Å². The van der Waals surface area contributed by atoms with E-state index in [0.29, 0.717) is 24.6 Å². The van der Waals surface area contributed by atoms with E-state index in [9.17, 15) is 4.79 Å². The van der Waals surface area contributed by atoms with E-state index < -0.39 is 5.97 Å². The molecule has 0 aliphatic heterocycles. The van der Waals surface area contributed by atoms with Crippen molar-refractivity contribution in [1.29, 1.82) is 0 Å².